The lowest BCUT2D eigenvalue weighted by atomic mass is 10.0. The average Bonchev–Trinajstić information content (AvgIpc) is 3.76. The summed E-state index contributed by atoms with van der Waals surface area (Å²) in [5, 5.41) is 5.66. The molecule has 2 aromatic carbocycles. The fourth-order valence-corrected chi connectivity index (χ4v) is 4.34. The lowest BCUT2D eigenvalue weighted by Gasteiger charge is -2.20. The molecule has 39 heavy (non-hydrogen) atoms. The van der Waals surface area contributed by atoms with Crippen molar-refractivity contribution in [2.75, 3.05) is 32.7 Å². The number of allylic oxidation sites excluding steroid dienone is 2. The molecule has 1 saturated carbocycles. The zero-order valence-electron chi connectivity index (χ0n) is 22.5. The van der Waals surface area contributed by atoms with Gasteiger partial charge in [-0.15, -0.1) is 0 Å². The van der Waals surface area contributed by atoms with Crippen LogP contribution in [0.15, 0.2) is 76.7 Å². The standard InChI is InChI=1S/C30H34FN3O5/c1-4-26-25(17-24(38-3)19-37-2)27(13-16-32-26)39-23-11-9-22(10-12-23)34-29(36)30(14-15-30)28(35)33-18-20-5-7-21(31)8-6-20/h5-12,17H,4,13-16,18-19H2,1-3H3,(H,33,35)(H,34,36)/b24-17+. The number of nitrogens with zero attached hydrogens (tertiary/aromatic N) is 1. The van der Waals surface area contributed by atoms with Crippen molar-refractivity contribution in [1.82, 2.24) is 5.32 Å². The molecule has 8 nitrogen and oxygen atoms in total. The Morgan fingerprint density at radius 3 is 2.38 bits per heavy atom. The van der Waals surface area contributed by atoms with Crippen LogP contribution in [0.1, 0.15) is 38.2 Å². The first-order valence-corrected chi connectivity index (χ1v) is 13.0. The van der Waals surface area contributed by atoms with E-state index in [-0.39, 0.29) is 24.2 Å². The number of hydrogen-bond acceptors (Lipinski definition) is 6. The van der Waals surface area contributed by atoms with Gasteiger partial charge in [0.2, 0.25) is 11.8 Å². The summed E-state index contributed by atoms with van der Waals surface area (Å²) < 4.78 is 30.0. The van der Waals surface area contributed by atoms with E-state index >= 15 is 0 Å². The van der Waals surface area contributed by atoms with E-state index in [0.29, 0.717) is 49.6 Å². The quantitative estimate of drug-likeness (QED) is 0.297. The third kappa shape index (κ3) is 6.92. The molecule has 2 aliphatic rings. The number of nitrogens with one attached hydrogen (secondary N) is 2. The van der Waals surface area contributed by atoms with Crippen LogP contribution in [0.25, 0.3) is 0 Å². The maximum atomic E-state index is 13.1. The maximum absolute atomic E-state index is 13.1. The van der Waals surface area contributed by atoms with Crippen LogP contribution < -0.4 is 15.4 Å². The predicted molar refractivity (Wildman–Crippen MR) is 147 cm³/mol. The number of carbonyl (C=O) groups is 2. The molecule has 0 aromatic heterocycles. The topological polar surface area (TPSA) is 98.2 Å². The molecule has 0 spiro atoms. The summed E-state index contributed by atoms with van der Waals surface area (Å²) in [7, 11) is 3.21. The number of dihydropyridines is 1. The van der Waals surface area contributed by atoms with Crippen LogP contribution in [-0.2, 0) is 25.6 Å². The lowest BCUT2D eigenvalue weighted by molar-refractivity contribution is -0.134. The molecule has 1 fully saturated rings. The van der Waals surface area contributed by atoms with Gasteiger partial charge in [0.05, 0.1) is 7.11 Å². The molecule has 2 amide bonds. The fourth-order valence-electron chi connectivity index (χ4n) is 4.34. The van der Waals surface area contributed by atoms with Gasteiger partial charge in [0.25, 0.3) is 0 Å². The Labute approximate surface area is 227 Å². The van der Waals surface area contributed by atoms with Crippen LogP contribution in [0, 0.1) is 11.2 Å². The van der Waals surface area contributed by atoms with Crippen LogP contribution in [0.2, 0.25) is 0 Å². The van der Waals surface area contributed by atoms with Crippen molar-refractivity contribution in [2.45, 2.75) is 39.2 Å². The smallest absolute Gasteiger partial charge is 0.240 e. The molecular formula is C30H34FN3O5. The van der Waals surface area contributed by atoms with Crippen molar-refractivity contribution in [2.24, 2.45) is 10.4 Å². The van der Waals surface area contributed by atoms with Gasteiger partial charge >= 0.3 is 0 Å². The van der Waals surface area contributed by atoms with Gasteiger partial charge < -0.3 is 24.8 Å². The Hall–Kier alpha value is -3.98. The molecule has 2 N–H and O–H groups in total. The van der Waals surface area contributed by atoms with E-state index < -0.39 is 5.41 Å². The number of carbonyl (C=O) groups excluding carboxylic acids is 2. The molecule has 2 aromatic rings. The largest absolute Gasteiger partial charge is 0.499 e. The van der Waals surface area contributed by atoms with Crippen molar-refractivity contribution in [3.8, 4) is 5.75 Å². The van der Waals surface area contributed by atoms with Crippen molar-refractivity contribution >= 4 is 23.2 Å². The highest BCUT2D eigenvalue weighted by atomic mass is 19.1. The minimum Gasteiger partial charge on any atom is -0.499 e. The van der Waals surface area contributed by atoms with Crippen LogP contribution >= 0.6 is 0 Å². The molecule has 0 radical (unpaired) electrons. The fraction of sp³-hybridized carbons (Fsp3) is 0.367. The van der Waals surface area contributed by atoms with Gasteiger partial charge in [-0.05, 0) is 67.3 Å². The second kappa shape index (κ2) is 12.7. The first kappa shape index (κ1) is 28.0. The highest BCUT2D eigenvalue weighted by Crippen LogP contribution is 2.47. The second-order valence-corrected chi connectivity index (χ2v) is 9.49. The van der Waals surface area contributed by atoms with E-state index in [1.54, 1.807) is 50.6 Å². The molecule has 4 rings (SSSR count). The molecule has 206 valence electrons. The molecule has 0 bridgehead atoms. The molecular weight excluding hydrogens is 501 g/mol. The summed E-state index contributed by atoms with van der Waals surface area (Å²) in [5.41, 5.74) is 2.08. The van der Waals surface area contributed by atoms with Crippen molar-refractivity contribution in [3.63, 3.8) is 0 Å². The Morgan fingerprint density at radius 1 is 1.05 bits per heavy atom. The maximum Gasteiger partial charge on any atom is 0.240 e. The third-order valence-corrected chi connectivity index (χ3v) is 6.78. The number of ether oxygens (including phenoxy) is 3. The number of amides is 2. The number of aliphatic imine (C=N–C) groups is 1. The number of benzene rings is 2. The van der Waals surface area contributed by atoms with Crippen LogP contribution in [-0.4, -0.2) is 44.9 Å². The van der Waals surface area contributed by atoms with E-state index in [1.165, 1.54) is 12.1 Å². The summed E-state index contributed by atoms with van der Waals surface area (Å²) in [5.74, 6) is 1.07. The summed E-state index contributed by atoms with van der Waals surface area (Å²) >= 11 is 0. The minimum absolute atomic E-state index is 0.231. The average molecular weight is 536 g/mol. The van der Waals surface area contributed by atoms with Crippen molar-refractivity contribution < 1.29 is 28.2 Å². The molecule has 9 heteroatoms. The zero-order valence-corrected chi connectivity index (χ0v) is 22.5. The molecule has 1 heterocycles. The lowest BCUT2D eigenvalue weighted by Crippen LogP contribution is -2.39. The van der Waals surface area contributed by atoms with Gasteiger partial charge in [-0.2, -0.15) is 0 Å². The van der Waals surface area contributed by atoms with E-state index in [0.717, 1.165) is 29.0 Å². The Bertz CT molecular complexity index is 1280. The first-order valence-electron chi connectivity index (χ1n) is 13.0. The molecule has 1 aliphatic carbocycles. The van der Waals surface area contributed by atoms with E-state index in [1.807, 2.05) is 13.0 Å². The number of halogens is 1. The molecule has 0 saturated heterocycles. The predicted octanol–water partition coefficient (Wildman–Crippen LogP) is 4.93. The summed E-state index contributed by atoms with van der Waals surface area (Å²) in [6.07, 6.45) is 4.27. The van der Waals surface area contributed by atoms with Gasteiger partial charge in [-0.1, -0.05) is 19.1 Å². The van der Waals surface area contributed by atoms with E-state index in [2.05, 4.69) is 15.6 Å². The molecule has 1 aliphatic heterocycles. The first-order chi connectivity index (χ1) is 18.9. The minimum atomic E-state index is -1.08. The number of anilines is 1. The van der Waals surface area contributed by atoms with Crippen LogP contribution in [0.3, 0.4) is 0 Å². The van der Waals surface area contributed by atoms with Crippen LogP contribution in [0.5, 0.6) is 5.75 Å². The van der Waals surface area contributed by atoms with Gasteiger partial charge in [0, 0.05) is 43.6 Å². The Morgan fingerprint density at radius 2 is 1.77 bits per heavy atom. The third-order valence-electron chi connectivity index (χ3n) is 6.78. The van der Waals surface area contributed by atoms with Crippen molar-refractivity contribution in [3.05, 3.63) is 83.1 Å². The number of hydrogen-bond donors (Lipinski definition) is 2. The summed E-state index contributed by atoms with van der Waals surface area (Å²) in [4.78, 5) is 30.4. The second-order valence-electron chi connectivity index (χ2n) is 9.49. The van der Waals surface area contributed by atoms with Gasteiger partial charge in [-0.25, -0.2) is 4.39 Å². The monoisotopic (exact) mass is 535 g/mol. The van der Waals surface area contributed by atoms with Gasteiger partial charge in [0.1, 0.15) is 35.1 Å². The highest BCUT2D eigenvalue weighted by molar-refractivity contribution is 6.13. The SMILES string of the molecule is CCC1=NCCC(Oc2ccc(NC(=O)C3(C(=O)NCc4ccc(F)cc4)CC3)cc2)=C1/C=C(\COC)OC. The van der Waals surface area contributed by atoms with Gasteiger partial charge in [-0.3, -0.25) is 14.6 Å². The van der Waals surface area contributed by atoms with Crippen molar-refractivity contribution in [1.29, 1.82) is 0 Å². The Balaban J connectivity index is 1.40. The summed E-state index contributed by atoms with van der Waals surface area (Å²) in [6, 6.07) is 12.9. The Kier molecular flexibility index (Phi) is 9.14. The van der Waals surface area contributed by atoms with E-state index in [4.69, 9.17) is 14.2 Å². The number of rotatable bonds is 12. The van der Waals surface area contributed by atoms with Gasteiger partial charge in [0.15, 0.2) is 0 Å². The van der Waals surface area contributed by atoms with Crippen LogP contribution in [0.4, 0.5) is 10.1 Å². The van der Waals surface area contributed by atoms with E-state index in [9.17, 15) is 14.0 Å². The normalized spacial score (nSPS) is 16.3. The highest BCUT2D eigenvalue weighted by Gasteiger charge is 2.56. The summed E-state index contributed by atoms with van der Waals surface area (Å²) in [6.45, 7) is 3.26. The zero-order chi connectivity index (χ0) is 27.8. The molecule has 0 unspecified atom stereocenters. The molecule has 0 atom stereocenters. The number of methoxy groups -OCH3 is 2.